The molecule has 0 aliphatic carbocycles. The predicted molar refractivity (Wildman–Crippen MR) is 110 cm³/mol. The van der Waals surface area contributed by atoms with E-state index in [0.717, 1.165) is 13.1 Å². The number of carbonyl (C=O) groups excluding carboxylic acids is 1. The summed E-state index contributed by atoms with van der Waals surface area (Å²) in [6.07, 6.45) is 5.39. The normalized spacial score (nSPS) is 20.4. The molecule has 2 N–H and O–H groups in total. The lowest BCUT2D eigenvalue weighted by Crippen LogP contribution is -2.52. The molecule has 152 valence electrons. The second kappa shape index (κ2) is 8.10. The number of aromatic nitrogens is 2. The Bertz CT molecular complexity index is 926. The molecule has 0 atom stereocenters. The first-order valence-electron chi connectivity index (χ1n) is 9.14. The minimum Gasteiger partial charge on any atom is -0.324 e. The third kappa shape index (κ3) is 3.74. The van der Waals surface area contributed by atoms with E-state index in [-0.39, 0.29) is 24.1 Å². The number of halogens is 1. The van der Waals surface area contributed by atoms with Gasteiger partial charge in [-0.1, -0.05) is 6.07 Å². The van der Waals surface area contributed by atoms with Crippen LogP contribution in [0.1, 0.15) is 19.3 Å². The van der Waals surface area contributed by atoms with Gasteiger partial charge in [0, 0.05) is 24.6 Å². The van der Waals surface area contributed by atoms with Crippen LogP contribution >= 0.6 is 12.4 Å². The zero-order valence-corrected chi connectivity index (χ0v) is 17.0. The number of hydrogen-bond donors (Lipinski definition) is 2. The fourth-order valence-electron chi connectivity index (χ4n) is 3.84. The highest BCUT2D eigenvalue weighted by Gasteiger charge is 2.42. The molecule has 0 saturated carbocycles. The predicted octanol–water partition coefficient (Wildman–Crippen LogP) is 1.56. The quantitative estimate of drug-likeness (QED) is 0.774. The smallest absolute Gasteiger partial charge is 0.252 e. The number of nitrogens with one attached hydrogen (secondary N) is 2. The van der Waals surface area contributed by atoms with E-state index in [2.05, 4.69) is 15.7 Å². The third-order valence-electron chi connectivity index (χ3n) is 5.29. The van der Waals surface area contributed by atoms with Crippen molar-refractivity contribution in [2.75, 3.05) is 35.0 Å². The molecule has 2 saturated heterocycles. The zero-order valence-electron chi connectivity index (χ0n) is 15.4. The standard InChI is InChI=1S/C18H23N5O3S.ClH/c24-17(18(6-9-19-10-7-18)23-12-2-8-20-23)21-15-4-1-5-16(14-15)22-11-3-13-27(22,25)26;/h1-2,4-5,8,12,14,19H,3,6-7,9-11,13H2,(H,21,24);1H. The summed E-state index contributed by atoms with van der Waals surface area (Å²) in [6.45, 7) is 1.95. The van der Waals surface area contributed by atoms with Crippen molar-refractivity contribution < 1.29 is 13.2 Å². The zero-order chi connectivity index (χ0) is 18.9. The highest BCUT2D eigenvalue weighted by Crippen LogP contribution is 2.30. The summed E-state index contributed by atoms with van der Waals surface area (Å²) < 4.78 is 27.5. The van der Waals surface area contributed by atoms with Gasteiger partial charge in [-0.3, -0.25) is 13.8 Å². The summed E-state index contributed by atoms with van der Waals surface area (Å²) in [5.41, 5.74) is 0.429. The van der Waals surface area contributed by atoms with Gasteiger partial charge in [0.15, 0.2) is 0 Å². The van der Waals surface area contributed by atoms with E-state index in [1.54, 1.807) is 35.1 Å². The van der Waals surface area contributed by atoms with Crippen LogP contribution in [0.5, 0.6) is 0 Å². The van der Waals surface area contributed by atoms with Gasteiger partial charge in [-0.15, -0.1) is 12.4 Å². The number of carbonyl (C=O) groups is 1. The molecule has 2 aliphatic rings. The molecule has 3 heterocycles. The number of sulfonamides is 1. The number of nitrogens with zero attached hydrogens (tertiary/aromatic N) is 3. The number of benzene rings is 1. The van der Waals surface area contributed by atoms with E-state index in [4.69, 9.17) is 0 Å². The summed E-state index contributed by atoms with van der Waals surface area (Å²) in [4.78, 5) is 13.2. The van der Waals surface area contributed by atoms with E-state index in [0.29, 0.717) is 37.2 Å². The topological polar surface area (TPSA) is 96.3 Å². The number of rotatable bonds is 4. The van der Waals surface area contributed by atoms with Crippen molar-refractivity contribution >= 4 is 39.7 Å². The lowest BCUT2D eigenvalue weighted by molar-refractivity contribution is -0.126. The summed E-state index contributed by atoms with van der Waals surface area (Å²) in [5, 5.41) is 10.6. The molecule has 10 heteroatoms. The largest absolute Gasteiger partial charge is 0.324 e. The Labute approximate surface area is 170 Å². The van der Waals surface area contributed by atoms with Crippen LogP contribution in [0.2, 0.25) is 0 Å². The molecule has 1 aromatic heterocycles. The first-order chi connectivity index (χ1) is 13.0. The van der Waals surface area contributed by atoms with Crippen molar-refractivity contribution in [2.45, 2.75) is 24.8 Å². The van der Waals surface area contributed by atoms with E-state index in [1.807, 2.05) is 12.3 Å². The van der Waals surface area contributed by atoms with Gasteiger partial charge in [-0.2, -0.15) is 5.10 Å². The van der Waals surface area contributed by atoms with Crippen LogP contribution in [0.15, 0.2) is 42.7 Å². The van der Waals surface area contributed by atoms with Gasteiger partial charge in [0.05, 0.1) is 11.4 Å². The molecular weight excluding hydrogens is 402 g/mol. The van der Waals surface area contributed by atoms with Gasteiger partial charge in [-0.05, 0) is 56.6 Å². The molecule has 1 amide bonds. The Morgan fingerprint density at radius 1 is 1.21 bits per heavy atom. The van der Waals surface area contributed by atoms with Crippen molar-refractivity contribution in [3.05, 3.63) is 42.7 Å². The minimum atomic E-state index is -3.26. The maximum absolute atomic E-state index is 13.2. The number of hydrogen-bond acceptors (Lipinski definition) is 5. The molecule has 2 fully saturated rings. The minimum absolute atomic E-state index is 0. The maximum atomic E-state index is 13.2. The van der Waals surface area contributed by atoms with Crippen molar-refractivity contribution in [1.82, 2.24) is 15.1 Å². The van der Waals surface area contributed by atoms with E-state index >= 15 is 0 Å². The average molecular weight is 426 g/mol. The van der Waals surface area contributed by atoms with Crippen molar-refractivity contribution in [3.63, 3.8) is 0 Å². The monoisotopic (exact) mass is 425 g/mol. The number of anilines is 2. The molecule has 2 aromatic rings. The van der Waals surface area contributed by atoms with Crippen LogP contribution in [0.25, 0.3) is 0 Å². The average Bonchev–Trinajstić information content (AvgIpc) is 3.32. The molecule has 0 bridgehead atoms. The third-order valence-corrected chi connectivity index (χ3v) is 7.16. The first kappa shape index (κ1) is 20.6. The molecule has 0 unspecified atom stereocenters. The Hall–Kier alpha value is -2.10. The van der Waals surface area contributed by atoms with Gasteiger partial charge in [0.25, 0.3) is 5.91 Å². The molecule has 0 spiro atoms. The Balaban J connectivity index is 0.00000225. The highest BCUT2D eigenvalue weighted by atomic mass is 35.5. The summed E-state index contributed by atoms with van der Waals surface area (Å²) >= 11 is 0. The fraction of sp³-hybridized carbons (Fsp3) is 0.444. The van der Waals surface area contributed by atoms with Gasteiger partial charge in [0.1, 0.15) is 5.54 Å². The van der Waals surface area contributed by atoms with Gasteiger partial charge < -0.3 is 10.6 Å². The molecule has 8 nitrogen and oxygen atoms in total. The molecule has 1 aromatic carbocycles. The van der Waals surface area contributed by atoms with Crippen molar-refractivity contribution in [1.29, 1.82) is 0 Å². The van der Waals surface area contributed by atoms with Crippen LogP contribution in [0.3, 0.4) is 0 Å². The fourth-order valence-corrected chi connectivity index (χ4v) is 5.39. The Morgan fingerprint density at radius 3 is 2.64 bits per heavy atom. The molecule has 2 aliphatic heterocycles. The van der Waals surface area contributed by atoms with E-state index < -0.39 is 15.6 Å². The van der Waals surface area contributed by atoms with Gasteiger partial charge >= 0.3 is 0 Å². The lowest BCUT2D eigenvalue weighted by atomic mass is 9.87. The second-order valence-electron chi connectivity index (χ2n) is 6.98. The molecule has 4 rings (SSSR count). The summed E-state index contributed by atoms with van der Waals surface area (Å²) in [7, 11) is -3.26. The Morgan fingerprint density at radius 2 is 2.00 bits per heavy atom. The van der Waals surface area contributed by atoms with Crippen molar-refractivity contribution in [3.8, 4) is 0 Å². The Kier molecular flexibility index (Phi) is 5.97. The number of piperidine rings is 1. The maximum Gasteiger partial charge on any atom is 0.252 e. The van der Waals surface area contributed by atoms with Gasteiger partial charge in [0.2, 0.25) is 10.0 Å². The lowest BCUT2D eigenvalue weighted by Gasteiger charge is -2.36. The SMILES string of the molecule is Cl.O=C(Nc1cccc(N2CCCS2(=O)=O)c1)C1(n2cccn2)CCNCC1. The van der Waals surface area contributed by atoms with Crippen LogP contribution < -0.4 is 14.9 Å². The van der Waals surface area contributed by atoms with E-state index in [1.165, 1.54) is 4.31 Å². The van der Waals surface area contributed by atoms with Gasteiger partial charge in [-0.25, -0.2) is 8.42 Å². The molecular formula is C18H24ClN5O3S. The number of amides is 1. The van der Waals surface area contributed by atoms with Crippen LogP contribution in [0.4, 0.5) is 11.4 Å². The molecule has 0 radical (unpaired) electrons. The summed E-state index contributed by atoms with van der Waals surface area (Å²) in [5.74, 6) is 0.0352. The van der Waals surface area contributed by atoms with Crippen LogP contribution in [0, 0.1) is 0 Å². The van der Waals surface area contributed by atoms with Crippen LogP contribution in [-0.4, -0.2) is 49.5 Å². The van der Waals surface area contributed by atoms with Crippen LogP contribution in [-0.2, 0) is 20.4 Å². The van der Waals surface area contributed by atoms with Crippen molar-refractivity contribution in [2.24, 2.45) is 0 Å². The highest BCUT2D eigenvalue weighted by molar-refractivity contribution is 7.93. The first-order valence-corrected chi connectivity index (χ1v) is 10.7. The summed E-state index contributed by atoms with van der Waals surface area (Å²) in [6, 6.07) is 8.84. The molecule has 28 heavy (non-hydrogen) atoms. The second-order valence-corrected chi connectivity index (χ2v) is 8.99. The van der Waals surface area contributed by atoms with E-state index in [9.17, 15) is 13.2 Å².